The summed E-state index contributed by atoms with van der Waals surface area (Å²) in [4.78, 5) is 0. The van der Waals surface area contributed by atoms with Gasteiger partial charge in [0.15, 0.2) is 0 Å². The van der Waals surface area contributed by atoms with Crippen LogP contribution in [-0.2, 0) is 0 Å². The SMILES string of the molecule is COc1cccc(C2C=C(c3ccccc3)Nc3nnnn32)c1. The summed E-state index contributed by atoms with van der Waals surface area (Å²) in [6.07, 6.45) is 2.12. The molecule has 2 aromatic carbocycles. The van der Waals surface area contributed by atoms with Crippen LogP contribution in [0, 0.1) is 0 Å². The molecule has 0 saturated carbocycles. The van der Waals surface area contributed by atoms with Crippen LogP contribution < -0.4 is 10.1 Å². The summed E-state index contributed by atoms with van der Waals surface area (Å²) in [5.41, 5.74) is 3.14. The molecule has 0 fully saturated rings. The zero-order valence-electron chi connectivity index (χ0n) is 12.5. The number of tetrazole rings is 1. The summed E-state index contributed by atoms with van der Waals surface area (Å²) in [6, 6.07) is 18.0. The predicted octanol–water partition coefficient (Wildman–Crippen LogP) is 2.74. The van der Waals surface area contributed by atoms with Crippen molar-refractivity contribution in [2.75, 3.05) is 12.4 Å². The molecular formula is C17H15N5O. The van der Waals surface area contributed by atoms with Crippen molar-refractivity contribution in [3.63, 3.8) is 0 Å². The monoisotopic (exact) mass is 305 g/mol. The van der Waals surface area contributed by atoms with Gasteiger partial charge in [0.25, 0.3) is 0 Å². The van der Waals surface area contributed by atoms with Gasteiger partial charge in [-0.1, -0.05) is 47.6 Å². The number of hydrogen-bond donors (Lipinski definition) is 1. The lowest BCUT2D eigenvalue weighted by Crippen LogP contribution is -2.20. The maximum atomic E-state index is 5.33. The second-order valence-corrected chi connectivity index (χ2v) is 5.24. The fourth-order valence-corrected chi connectivity index (χ4v) is 2.70. The van der Waals surface area contributed by atoms with E-state index in [0.29, 0.717) is 5.95 Å². The van der Waals surface area contributed by atoms with Crippen LogP contribution in [-0.4, -0.2) is 27.3 Å². The van der Waals surface area contributed by atoms with E-state index < -0.39 is 0 Å². The molecule has 1 aliphatic heterocycles. The maximum absolute atomic E-state index is 5.33. The minimum absolute atomic E-state index is 0.0912. The van der Waals surface area contributed by atoms with E-state index in [-0.39, 0.29) is 6.04 Å². The molecule has 1 atom stereocenters. The lowest BCUT2D eigenvalue weighted by molar-refractivity contribution is 0.413. The smallest absolute Gasteiger partial charge is 0.248 e. The third kappa shape index (κ3) is 2.44. The Morgan fingerprint density at radius 3 is 2.78 bits per heavy atom. The third-order valence-electron chi connectivity index (χ3n) is 3.85. The Kier molecular flexibility index (Phi) is 3.27. The van der Waals surface area contributed by atoms with Gasteiger partial charge in [-0.3, -0.25) is 0 Å². The van der Waals surface area contributed by atoms with Crippen molar-refractivity contribution >= 4 is 11.6 Å². The Labute approximate surface area is 133 Å². The first-order chi connectivity index (χ1) is 11.3. The lowest BCUT2D eigenvalue weighted by Gasteiger charge is -2.23. The summed E-state index contributed by atoms with van der Waals surface area (Å²) in [5, 5.41) is 15.2. The van der Waals surface area contributed by atoms with E-state index in [2.05, 4.69) is 39.1 Å². The highest BCUT2D eigenvalue weighted by atomic mass is 16.5. The van der Waals surface area contributed by atoms with Gasteiger partial charge in [0.1, 0.15) is 11.8 Å². The van der Waals surface area contributed by atoms with E-state index in [1.807, 2.05) is 42.5 Å². The molecule has 0 spiro atoms. The van der Waals surface area contributed by atoms with E-state index in [1.165, 1.54) is 0 Å². The molecule has 1 N–H and O–H groups in total. The highest BCUT2D eigenvalue weighted by molar-refractivity contribution is 5.76. The number of ether oxygens (including phenoxy) is 1. The van der Waals surface area contributed by atoms with Crippen molar-refractivity contribution in [2.45, 2.75) is 6.04 Å². The van der Waals surface area contributed by atoms with Crippen molar-refractivity contribution in [2.24, 2.45) is 0 Å². The van der Waals surface area contributed by atoms with E-state index in [4.69, 9.17) is 4.74 Å². The first-order valence-electron chi connectivity index (χ1n) is 7.31. The number of allylic oxidation sites excluding steroid dienone is 1. The zero-order chi connectivity index (χ0) is 15.6. The fraction of sp³-hybridized carbons (Fsp3) is 0.118. The quantitative estimate of drug-likeness (QED) is 0.806. The van der Waals surface area contributed by atoms with Crippen LogP contribution in [0.25, 0.3) is 5.70 Å². The molecule has 1 unspecified atom stereocenters. The van der Waals surface area contributed by atoms with E-state index in [0.717, 1.165) is 22.6 Å². The van der Waals surface area contributed by atoms with Crippen LogP contribution in [0.1, 0.15) is 17.2 Å². The van der Waals surface area contributed by atoms with Gasteiger partial charge in [-0.2, -0.15) is 4.68 Å². The molecule has 1 aromatic heterocycles. The maximum Gasteiger partial charge on any atom is 0.248 e. The van der Waals surface area contributed by atoms with Gasteiger partial charge in [0, 0.05) is 5.70 Å². The van der Waals surface area contributed by atoms with Gasteiger partial charge in [-0.15, -0.1) is 0 Å². The molecule has 0 amide bonds. The molecular weight excluding hydrogens is 290 g/mol. The molecule has 0 bridgehead atoms. The number of rotatable bonds is 3. The fourth-order valence-electron chi connectivity index (χ4n) is 2.70. The van der Waals surface area contributed by atoms with Crippen molar-refractivity contribution < 1.29 is 4.74 Å². The first kappa shape index (κ1) is 13.5. The molecule has 3 aromatic rings. The van der Waals surface area contributed by atoms with Gasteiger partial charge >= 0.3 is 0 Å². The van der Waals surface area contributed by atoms with E-state index >= 15 is 0 Å². The topological polar surface area (TPSA) is 64.9 Å². The zero-order valence-corrected chi connectivity index (χ0v) is 12.5. The molecule has 23 heavy (non-hydrogen) atoms. The molecule has 0 radical (unpaired) electrons. The van der Waals surface area contributed by atoms with Gasteiger partial charge in [0.2, 0.25) is 5.95 Å². The number of fused-ring (bicyclic) bond motifs is 1. The second kappa shape index (κ2) is 5.57. The van der Waals surface area contributed by atoms with Crippen LogP contribution in [0.3, 0.4) is 0 Å². The second-order valence-electron chi connectivity index (χ2n) is 5.24. The van der Waals surface area contributed by atoms with Crippen molar-refractivity contribution in [3.05, 3.63) is 71.8 Å². The molecule has 0 saturated heterocycles. The number of aromatic nitrogens is 4. The van der Waals surface area contributed by atoms with Crippen molar-refractivity contribution in [1.29, 1.82) is 0 Å². The van der Waals surface area contributed by atoms with Crippen LogP contribution in [0.2, 0.25) is 0 Å². The highest BCUT2D eigenvalue weighted by Gasteiger charge is 2.24. The summed E-state index contributed by atoms with van der Waals surface area (Å²) >= 11 is 0. The molecule has 0 aliphatic carbocycles. The molecule has 6 nitrogen and oxygen atoms in total. The van der Waals surface area contributed by atoms with Crippen LogP contribution in [0.5, 0.6) is 5.75 Å². The number of hydrogen-bond acceptors (Lipinski definition) is 5. The normalized spacial score (nSPS) is 16.2. The van der Waals surface area contributed by atoms with E-state index in [1.54, 1.807) is 11.8 Å². The lowest BCUT2D eigenvalue weighted by atomic mass is 10.0. The summed E-state index contributed by atoms with van der Waals surface area (Å²) in [5.74, 6) is 1.43. The average Bonchev–Trinajstić information content (AvgIpc) is 3.10. The van der Waals surface area contributed by atoms with Crippen LogP contribution in [0.4, 0.5) is 5.95 Å². The summed E-state index contributed by atoms with van der Waals surface area (Å²) in [6.45, 7) is 0. The molecule has 6 heteroatoms. The van der Waals surface area contributed by atoms with Gasteiger partial charge in [-0.25, -0.2) is 0 Å². The standard InChI is InChI=1S/C17H15N5O/c1-23-14-9-5-8-13(10-14)16-11-15(12-6-3-2-4-7-12)18-17-19-20-21-22(16)17/h2-11,16H,1H3,(H,18,19,21). The van der Waals surface area contributed by atoms with Gasteiger partial charge in [0.05, 0.1) is 7.11 Å². The molecule has 1 aliphatic rings. The Balaban J connectivity index is 1.82. The number of anilines is 1. The predicted molar refractivity (Wildman–Crippen MR) is 87.0 cm³/mol. The Morgan fingerprint density at radius 2 is 1.96 bits per heavy atom. The Hall–Kier alpha value is -3.15. The van der Waals surface area contributed by atoms with Gasteiger partial charge in [-0.05, 0) is 39.8 Å². The number of nitrogens with one attached hydrogen (secondary N) is 1. The van der Waals surface area contributed by atoms with Crippen molar-refractivity contribution in [3.8, 4) is 5.75 Å². The minimum atomic E-state index is -0.0912. The highest BCUT2D eigenvalue weighted by Crippen LogP contribution is 2.32. The molecule has 4 rings (SSSR count). The largest absolute Gasteiger partial charge is 0.497 e. The minimum Gasteiger partial charge on any atom is -0.497 e. The molecule has 2 heterocycles. The molecule has 114 valence electrons. The van der Waals surface area contributed by atoms with Crippen molar-refractivity contribution in [1.82, 2.24) is 20.2 Å². The van der Waals surface area contributed by atoms with Gasteiger partial charge < -0.3 is 10.1 Å². The number of methoxy groups -OCH3 is 1. The number of nitrogens with zero attached hydrogens (tertiary/aromatic N) is 4. The summed E-state index contributed by atoms with van der Waals surface area (Å²) in [7, 11) is 1.66. The number of benzene rings is 2. The third-order valence-corrected chi connectivity index (χ3v) is 3.85. The Bertz CT molecular complexity index is 856. The first-order valence-corrected chi connectivity index (χ1v) is 7.31. The summed E-state index contributed by atoms with van der Waals surface area (Å²) < 4.78 is 7.09. The van der Waals surface area contributed by atoms with E-state index in [9.17, 15) is 0 Å². The van der Waals surface area contributed by atoms with Crippen LogP contribution >= 0.6 is 0 Å². The van der Waals surface area contributed by atoms with Crippen LogP contribution in [0.15, 0.2) is 60.7 Å². The average molecular weight is 305 g/mol. The Morgan fingerprint density at radius 1 is 1.09 bits per heavy atom.